The molecule has 0 atom stereocenters. The monoisotopic (exact) mass is 423 g/mol. The molecule has 0 radical (unpaired) electrons. The number of amides is 1. The Labute approximate surface area is 181 Å². The van der Waals surface area contributed by atoms with Crippen molar-refractivity contribution in [3.05, 3.63) is 70.3 Å². The maximum Gasteiger partial charge on any atom is 0.258 e. The SMILES string of the molecule is COCCN(CC(=O)NCc1ccc(N(C)C)cc1)Cc1nc2ccccc2c(=O)[nH]1. The molecule has 1 aromatic heterocycles. The molecule has 31 heavy (non-hydrogen) atoms. The van der Waals surface area contributed by atoms with Crippen LogP contribution < -0.4 is 15.8 Å². The number of para-hydroxylation sites is 1. The maximum atomic E-state index is 12.5. The first-order chi connectivity index (χ1) is 15.0. The van der Waals surface area contributed by atoms with Crippen LogP contribution in [0.15, 0.2) is 53.3 Å². The number of carbonyl (C=O) groups excluding carboxylic acids is 1. The molecule has 8 nitrogen and oxygen atoms in total. The van der Waals surface area contributed by atoms with Crippen molar-refractivity contribution in [2.75, 3.05) is 45.8 Å². The van der Waals surface area contributed by atoms with E-state index in [1.54, 1.807) is 13.2 Å². The number of anilines is 1. The van der Waals surface area contributed by atoms with Crippen LogP contribution in [-0.4, -0.2) is 61.7 Å². The number of aromatic nitrogens is 2. The van der Waals surface area contributed by atoms with E-state index in [9.17, 15) is 9.59 Å². The van der Waals surface area contributed by atoms with E-state index in [1.807, 2.05) is 66.4 Å². The van der Waals surface area contributed by atoms with E-state index < -0.39 is 0 Å². The molecule has 8 heteroatoms. The fraction of sp³-hybridized carbons (Fsp3) is 0.348. The van der Waals surface area contributed by atoms with Crippen LogP contribution >= 0.6 is 0 Å². The Morgan fingerprint density at radius 1 is 1.13 bits per heavy atom. The van der Waals surface area contributed by atoms with E-state index in [2.05, 4.69) is 15.3 Å². The number of carbonyl (C=O) groups is 1. The highest BCUT2D eigenvalue weighted by Gasteiger charge is 2.14. The fourth-order valence-corrected chi connectivity index (χ4v) is 3.23. The minimum atomic E-state index is -0.182. The van der Waals surface area contributed by atoms with Crippen LogP contribution in [0.1, 0.15) is 11.4 Å². The summed E-state index contributed by atoms with van der Waals surface area (Å²) in [6.07, 6.45) is 0. The van der Waals surface area contributed by atoms with Crippen molar-refractivity contribution in [1.82, 2.24) is 20.2 Å². The second-order valence-electron chi connectivity index (χ2n) is 7.57. The topological polar surface area (TPSA) is 90.6 Å². The molecule has 2 aromatic carbocycles. The Hall–Kier alpha value is -3.23. The van der Waals surface area contributed by atoms with Gasteiger partial charge in [0.1, 0.15) is 5.82 Å². The van der Waals surface area contributed by atoms with E-state index in [-0.39, 0.29) is 18.0 Å². The van der Waals surface area contributed by atoms with Gasteiger partial charge in [0.25, 0.3) is 5.56 Å². The molecule has 0 aliphatic rings. The molecule has 0 saturated carbocycles. The third kappa shape index (κ3) is 6.37. The predicted molar refractivity (Wildman–Crippen MR) is 122 cm³/mol. The second-order valence-corrected chi connectivity index (χ2v) is 7.57. The first kappa shape index (κ1) is 22.5. The largest absolute Gasteiger partial charge is 0.383 e. The molecule has 164 valence electrons. The molecule has 0 aliphatic heterocycles. The number of rotatable bonds is 10. The number of methoxy groups -OCH3 is 1. The zero-order valence-electron chi connectivity index (χ0n) is 18.2. The van der Waals surface area contributed by atoms with Gasteiger partial charge in [-0.05, 0) is 29.8 Å². The lowest BCUT2D eigenvalue weighted by Gasteiger charge is -2.21. The summed E-state index contributed by atoms with van der Waals surface area (Å²) < 4.78 is 5.18. The van der Waals surface area contributed by atoms with Crippen molar-refractivity contribution in [2.45, 2.75) is 13.1 Å². The number of benzene rings is 2. The standard InChI is InChI=1S/C23H29N5O3/c1-27(2)18-10-8-17(9-11-18)14-24-22(29)16-28(12-13-31-3)15-21-25-20-7-5-4-6-19(20)23(30)26-21/h4-11H,12-16H2,1-3H3,(H,24,29)(H,25,26,30). The van der Waals surface area contributed by atoms with Crippen LogP contribution in [0.5, 0.6) is 0 Å². The highest BCUT2D eigenvalue weighted by Crippen LogP contribution is 2.12. The third-order valence-corrected chi connectivity index (χ3v) is 4.96. The molecule has 0 spiro atoms. The Balaban J connectivity index is 1.62. The fourth-order valence-electron chi connectivity index (χ4n) is 3.23. The summed E-state index contributed by atoms with van der Waals surface area (Å²) >= 11 is 0. The average Bonchev–Trinajstić information content (AvgIpc) is 2.76. The molecular formula is C23H29N5O3. The summed E-state index contributed by atoms with van der Waals surface area (Å²) in [5, 5.41) is 3.50. The highest BCUT2D eigenvalue weighted by molar-refractivity contribution is 5.78. The van der Waals surface area contributed by atoms with Gasteiger partial charge in [-0.1, -0.05) is 24.3 Å². The van der Waals surface area contributed by atoms with Crippen LogP contribution in [0, 0.1) is 0 Å². The van der Waals surface area contributed by atoms with Crippen LogP contribution in [0.3, 0.4) is 0 Å². The van der Waals surface area contributed by atoms with E-state index in [1.165, 1.54) is 0 Å². The third-order valence-electron chi connectivity index (χ3n) is 4.96. The summed E-state index contributed by atoms with van der Waals surface area (Å²) in [4.78, 5) is 36.1. The van der Waals surface area contributed by atoms with Crippen LogP contribution in [0.2, 0.25) is 0 Å². The van der Waals surface area contributed by atoms with Gasteiger partial charge in [-0.3, -0.25) is 14.5 Å². The lowest BCUT2D eigenvalue weighted by Crippen LogP contribution is -2.38. The number of hydrogen-bond acceptors (Lipinski definition) is 6. The van der Waals surface area contributed by atoms with Gasteiger partial charge in [0.15, 0.2) is 0 Å². The molecule has 2 N–H and O–H groups in total. The molecule has 1 amide bonds. The number of nitrogens with one attached hydrogen (secondary N) is 2. The summed E-state index contributed by atoms with van der Waals surface area (Å²) in [5.41, 5.74) is 2.59. The first-order valence-corrected chi connectivity index (χ1v) is 10.2. The minimum absolute atomic E-state index is 0.101. The zero-order chi connectivity index (χ0) is 22.2. The molecule has 0 unspecified atom stereocenters. The molecule has 3 aromatic rings. The van der Waals surface area contributed by atoms with Gasteiger partial charge in [-0.25, -0.2) is 4.98 Å². The van der Waals surface area contributed by atoms with Crippen molar-refractivity contribution < 1.29 is 9.53 Å². The number of fused-ring (bicyclic) bond motifs is 1. The maximum absolute atomic E-state index is 12.5. The smallest absolute Gasteiger partial charge is 0.258 e. The first-order valence-electron chi connectivity index (χ1n) is 10.2. The summed E-state index contributed by atoms with van der Waals surface area (Å²) in [6, 6.07) is 15.3. The van der Waals surface area contributed by atoms with Crippen LogP contribution in [0.4, 0.5) is 5.69 Å². The Morgan fingerprint density at radius 3 is 2.58 bits per heavy atom. The van der Waals surface area contributed by atoms with E-state index in [0.717, 1.165) is 11.3 Å². The van der Waals surface area contributed by atoms with Crippen LogP contribution in [-0.2, 0) is 22.6 Å². The molecule has 0 fully saturated rings. The van der Waals surface area contributed by atoms with Gasteiger partial charge in [-0.2, -0.15) is 0 Å². The van der Waals surface area contributed by atoms with Gasteiger partial charge in [0.2, 0.25) is 5.91 Å². The van der Waals surface area contributed by atoms with Gasteiger partial charge >= 0.3 is 0 Å². The summed E-state index contributed by atoms with van der Waals surface area (Å²) in [5.74, 6) is 0.419. The molecule has 0 aliphatic carbocycles. The van der Waals surface area contributed by atoms with Gasteiger partial charge in [0.05, 0.1) is 30.6 Å². The van der Waals surface area contributed by atoms with Crippen molar-refractivity contribution in [3.8, 4) is 0 Å². The number of H-pyrrole nitrogens is 1. The van der Waals surface area contributed by atoms with Crippen molar-refractivity contribution in [1.29, 1.82) is 0 Å². The van der Waals surface area contributed by atoms with Gasteiger partial charge in [-0.15, -0.1) is 0 Å². The summed E-state index contributed by atoms with van der Waals surface area (Å²) in [7, 11) is 5.60. The Bertz CT molecular complexity index is 1060. The quantitative estimate of drug-likeness (QED) is 0.516. The van der Waals surface area contributed by atoms with Gasteiger partial charge < -0.3 is 19.9 Å². The molecular weight excluding hydrogens is 394 g/mol. The zero-order valence-corrected chi connectivity index (χ0v) is 18.2. The molecule has 0 bridgehead atoms. The van der Waals surface area contributed by atoms with E-state index in [0.29, 0.717) is 43.0 Å². The lowest BCUT2D eigenvalue weighted by atomic mass is 10.2. The van der Waals surface area contributed by atoms with Gasteiger partial charge in [0, 0.05) is 40.0 Å². The second kappa shape index (κ2) is 10.7. The number of ether oxygens (including phenoxy) is 1. The normalized spacial score (nSPS) is 11.1. The van der Waals surface area contributed by atoms with Crippen LogP contribution in [0.25, 0.3) is 10.9 Å². The molecule has 1 heterocycles. The minimum Gasteiger partial charge on any atom is -0.383 e. The Kier molecular flexibility index (Phi) is 7.75. The predicted octanol–water partition coefficient (Wildman–Crippen LogP) is 1.75. The van der Waals surface area contributed by atoms with Crippen molar-refractivity contribution in [3.63, 3.8) is 0 Å². The lowest BCUT2D eigenvalue weighted by molar-refractivity contribution is -0.122. The van der Waals surface area contributed by atoms with E-state index >= 15 is 0 Å². The molecule has 0 saturated heterocycles. The highest BCUT2D eigenvalue weighted by atomic mass is 16.5. The number of hydrogen-bond donors (Lipinski definition) is 2. The summed E-state index contributed by atoms with van der Waals surface area (Å²) in [6.45, 7) is 1.98. The average molecular weight is 424 g/mol. The van der Waals surface area contributed by atoms with E-state index in [4.69, 9.17) is 4.74 Å². The van der Waals surface area contributed by atoms with Crippen molar-refractivity contribution >= 4 is 22.5 Å². The molecule has 3 rings (SSSR count). The number of nitrogens with zero attached hydrogens (tertiary/aromatic N) is 3. The van der Waals surface area contributed by atoms with Crippen molar-refractivity contribution in [2.24, 2.45) is 0 Å². The Morgan fingerprint density at radius 2 is 1.87 bits per heavy atom. The number of aromatic amines is 1.